The number of nitrogens with zero attached hydrogens (tertiary/aromatic N) is 1. The molecule has 0 amide bonds. The van der Waals surface area contributed by atoms with E-state index in [1.54, 1.807) is 6.20 Å². The summed E-state index contributed by atoms with van der Waals surface area (Å²) in [6, 6.07) is 4.05. The molecule has 12 heavy (non-hydrogen) atoms. The smallest absolute Gasteiger partial charge is 0.153 e. The van der Waals surface area contributed by atoms with Crippen molar-refractivity contribution in [3.8, 4) is 11.3 Å². The molecule has 0 spiro atoms. The van der Waals surface area contributed by atoms with Gasteiger partial charge in [0.05, 0.1) is 6.20 Å². The van der Waals surface area contributed by atoms with Crippen LogP contribution >= 0.6 is 0 Å². The minimum Gasteiger partial charge on any atom is -0.459 e. The fourth-order valence-electron chi connectivity index (χ4n) is 1.18. The molecule has 0 aromatic heterocycles. The van der Waals surface area contributed by atoms with Crippen LogP contribution in [-0.2, 0) is 0 Å². The molecule has 0 N–H and O–H groups in total. The van der Waals surface area contributed by atoms with Gasteiger partial charge in [-0.1, -0.05) is 13.8 Å². The Balaban J connectivity index is 2.54. The van der Waals surface area contributed by atoms with Gasteiger partial charge in [-0.05, 0) is 12.1 Å². The third kappa shape index (κ3) is 1.09. The molecule has 0 bridgehead atoms. The zero-order valence-corrected chi connectivity index (χ0v) is 7.24. The minimum absolute atomic E-state index is 0.435. The van der Waals surface area contributed by atoms with Gasteiger partial charge in [0.2, 0.25) is 0 Å². The monoisotopic (exact) mass is 161 g/mol. The molecule has 0 aliphatic carbocycles. The van der Waals surface area contributed by atoms with Crippen molar-refractivity contribution in [3.05, 3.63) is 30.3 Å². The van der Waals surface area contributed by atoms with Crippen molar-refractivity contribution in [1.29, 1.82) is 0 Å². The summed E-state index contributed by atoms with van der Waals surface area (Å²) < 4.78 is 5.60. The van der Waals surface area contributed by atoms with Crippen LogP contribution in [0.4, 0.5) is 0 Å². The van der Waals surface area contributed by atoms with Crippen LogP contribution in [-0.4, -0.2) is 4.98 Å². The van der Waals surface area contributed by atoms with Crippen LogP contribution in [0.25, 0.3) is 11.3 Å². The highest BCUT2D eigenvalue weighted by atomic mass is 16.3. The topological polar surface area (TPSA) is 26.0 Å². The van der Waals surface area contributed by atoms with Gasteiger partial charge in [-0.25, -0.2) is 0 Å². The van der Waals surface area contributed by atoms with Gasteiger partial charge in [0.15, 0.2) is 5.76 Å². The Morgan fingerprint density at radius 1 is 1.25 bits per heavy atom. The lowest BCUT2D eigenvalue weighted by Crippen LogP contribution is -1.87. The second-order valence-electron chi connectivity index (χ2n) is 3.22. The Morgan fingerprint density at radius 3 is 2.83 bits per heavy atom. The molecule has 62 valence electrons. The van der Waals surface area contributed by atoms with E-state index in [0.29, 0.717) is 5.92 Å². The van der Waals surface area contributed by atoms with Crippen LogP contribution in [0.3, 0.4) is 0 Å². The molecule has 0 fully saturated rings. The number of hydrogen-bond donors (Lipinski definition) is 0. The SMILES string of the molecule is CC(C)c1ccc2cncc-2o1. The summed E-state index contributed by atoms with van der Waals surface area (Å²) in [6.45, 7) is 4.22. The lowest BCUT2D eigenvalue weighted by Gasteiger charge is -2.05. The average Bonchev–Trinajstić information content (AvgIpc) is 2.49. The van der Waals surface area contributed by atoms with E-state index in [2.05, 4.69) is 18.8 Å². The van der Waals surface area contributed by atoms with Crippen LogP contribution < -0.4 is 0 Å². The van der Waals surface area contributed by atoms with E-state index in [1.165, 1.54) is 0 Å². The molecule has 0 unspecified atom stereocenters. The molecule has 0 saturated carbocycles. The lowest BCUT2D eigenvalue weighted by molar-refractivity contribution is 0.483. The number of fused-ring (bicyclic) bond motifs is 1. The van der Waals surface area contributed by atoms with Crippen LogP contribution in [0.1, 0.15) is 25.5 Å². The van der Waals surface area contributed by atoms with Crippen molar-refractivity contribution in [3.63, 3.8) is 0 Å². The van der Waals surface area contributed by atoms with E-state index in [0.717, 1.165) is 17.1 Å². The van der Waals surface area contributed by atoms with Crippen molar-refractivity contribution < 1.29 is 4.42 Å². The largest absolute Gasteiger partial charge is 0.459 e. The van der Waals surface area contributed by atoms with Gasteiger partial charge in [-0.3, -0.25) is 4.98 Å². The van der Waals surface area contributed by atoms with Gasteiger partial charge >= 0.3 is 0 Å². The summed E-state index contributed by atoms with van der Waals surface area (Å²) in [5.74, 6) is 2.32. The summed E-state index contributed by atoms with van der Waals surface area (Å²) in [5, 5.41) is 0. The first kappa shape index (κ1) is 7.35. The second kappa shape index (κ2) is 2.63. The van der Waals surface area contributed by atoms with Crippen LogP contribution in [0.2, 0.25) is 0 Å². The van der Waals surface area contributed by atoms with E-state index >= 15 is 0 Å². The van der Waals surface area contributed by atoms with Crippen molar-refractivity contribution >= 4 is 0 Å². The third-order valence-electron chi connectivity index (χ3n) is 1.91. The van der Waals surface area contributed by atoms with E-state index in [1.807, 2.05) is 18.3 Å². The van der Waals surface area contributed by atoms with Gasteiger partial charge < -0.3 is 4.42 Å². The molecular formula is C10H11NO. The van der Waals surface area contributed by atoms with Gasteiger partial charge in [-0.15, -0.1) is 0 Å². The predicted octanol–water partition coefficient (Wildman–Crippen LogP) is 2.90. The first-order valence-electron chi connectivity index (χ1n) is 4.11. The highest BCUT2D eigenvalue weighted by molar-refractivity contribution is 5.56. The highest BCUT2D eigenvalue weighted by Crippen LogP contribution is 2.25. The maximum absolute atomic E-state index is 5.60. The number of hydrogen-bond acceptors (Lipinski definition) is 2. The number of rotatable bonds is 1. The Labute approximate surface area is 71.6 Å². The summed E-state index contributed by atoms with van der Waals surface area (Å²) in [5.41, 5.74) is 1.07. The average molecular weight is 161 g/mol. The molecule has 0 aromatic rings. The summed E-state index contributed by atoms with van der Waals surface area (Å²) >= 11 is 0. The van der Waals surface area contributed by atoms with Crippen molar-refractivity contribution in [2.45, 2.75) is 19.8 Å². The Bertz CT molecular complexity index is 351. The van der Waals surface area contributed by atoms with Crippen LogP contribution in [0.15, 0.2) is 28.9 Å². The van der Waals surface area contributed by atoms with E-state index in [4.69, 9.17) is 4.42 Å². The van der Waals surface area contributed by atoms with Crippen molar-refractivity contribution in [2.75, 3.05) is 0 Å². The van der Waals surface area contributed by atoms with E-state index in [9.17, 15) is 0 Å². The molecular weight excluding hydrogens is 150 g/mol. The minimum atomic E-state index is 0.435. The molecule has 2 rings (SSSR count). The second-order valence-corrected chi connectivity index (χ2v) is 3.22. The highest BCUT2D eigenvalue weighted by Gasteiger charge is 2.08. The van der Waals surface area contributed by atoms with E-state index in [-0.39, 0.29) is 0 Å². The summed E-state index contributed by atoms with van der Waals surface area (Å²) in [6.07, 6.45) is 3.56. The van der Waals surface area contributed by atoms with Gasteiger partial charge in [0, 0.05) is 17.7 Å². The standard InChI is InChI=1S/C10H11NO/c1-7(2)9-4-3-8-5-11-6-10(8)12-9/h3-7H,1-2H3. The first-order valence-corrected chi connectivity index (χ1v) is 4.11. The lowest BCUT2D eigenvalue weighted by atomic mass is 10.1. The van der Waals surface area contributed by atoms with Crippen LogP contribution in [0.5, 0.6) is 0 Å². The molecule has 0 radical (unpaired) electrons. The quantitative estimate of drug-likeness (QED) is 0.642. The maximum Gasteiger partial charge on any atom is 0.153 e. The predicted molar refractivity (Wildman–Crippen MR) is 47.2 cm³/mol. The van der Waals surface area contributed by atoms with Crippen molar-refractivity contribution in [2.24, 2.45) is 0 Å². The fourth-order valence-corrected chi connectivity index (χ4v) is 1.18. The molecule has 0 saturated heterocycles. The Kier molecular flexibility index (Phi) is 1.61. The molecule has 2 nitrogen and oxygen atoms in total. The normalized spacial score (nSPS) is 11.2. The molecule has 0 atom stereocenters. The molecule has 2 aliphatic heterocycles. The van der Waals surface area contributed by atoms with Gasteiger partial charge in [-0.2, -0.15) is 0 Å². The first-order chi connectivity index (χ1) is 5.77. The van der Waals surface area contributed by atoms with Crippen LogP contribution in [0, 0.1) is 0 Å². The Hall–Kier alpha value is -1.31. The van der Waals surface area contributed by atoms with E-state index < -0.39 is 0 Å². The molecule has 2 aliphatic rings. The zero-order valence-electron chi connectivity index (χ0n) is 7.24. The maximum atomic E-state index is 5.60. The number of aromatic nitrogens is 1. The van der Waals surface area contributed by atoms with Crippen molar-refractivity contribution in [1.82, 2.24) is 4.98 Å². The fraction of sp³-hybridized carbons (Fsp3) is 0.300. The molecule has 0 aromatic carbocycles. The Morgan fingerprint density at radius 2 is 2.08 bits per heavy atom. The molecule has 2 heterocycles. The van der Waals surface area contributed by atoms with Gasteiger partial charge in [0.1, 0.15) is 5.76 Å². The third-order valence-corrected chi connectivity index (χ3v) is 1.91. The van der Waals surface area contributed by atoms with Gasteiger partial charge in [0.25, 0.3) is 0 Å². The summed E-state index contributed by atoms with van der Waals surface area (Å²) in [7, 11) is 0. The molecule has 2 heteroatoms. The summed E-state index contributed by atoms with van der Waals surface area (Å²) in [4.78, 5) is 4.01. The zero-order chi connectivity index (χ0) is 8.55.